The average Bonchev–Trinajstić information content (AvgIpc) is 2.27. The van der Waals surface area contributed by atoms with E-state index in [1.807, 2.05) is 0 Å². The monoisotopic (exact) mass is 341 g/mol. The van der Waals surface area contributed by atoms with Crippen molar-refractivity contribution in [1.29, 1.82) is 0 Å². The summed E-state index contributed by atoms with van der Waals surface area (Å²) < 4.78 is -3.76. The summed E-state index contributed by atoms with van der Waals surface area (Å²) in [7, 11) is 0. The Morgan fingerprint density at radius 1 is 0.833 bits per heavy atom. The van der Waals surface area contributed by atoms with Crippen LogP contribution in [0.5, 0.6) is 5.75 Å². The molecule has 0 fully saturated rings. The predicted molar refractivity (Wildman–Crippen MR) is 77.8 cm³/mol. The first-order chi connectivity index (χ1) is 8.25. The number of rotatable bonds is 1. The van der Waals surface area contributed by atoms with Gasteiger partial charge in [0.2, 0.25) is 3.79 Å². The van der Waals surface area contributed by atoms with E-state index in [1.165, 1.54) is 6.07 Å². The van der Waals surface area contributed by atoms with Gasteiger partial charge in [-0.3, -0.25) is 5.11 Å². The van der Waals surface area contributed by atoms with Crippen LogP contribution in [0, 0.1) is 0 Å². The maximum atomic E-state index is 11.9. The SMILES string of the molecule is [O]c1cccc2cccc(C(Cl)(Cl)C(Cl)(Cl)Cl)c12. The molecule has 0 bridgehead atoms. The molecule has 0 N–H and O–H groups in total. The molecular formula is C12H6Cl5O. The lowest BCUT2D eigenvalue weighted by Gasteiger charge is -2.28. The zero-order valence-electron chi connectivity index (χ0n) is 8.76. The number of benzene rings is 2. The molecule has 0 saturated carbocycles. The Kier molecular flexibility index (Phi) is 3.84. The Morgan fingerprint density at radius 3 is 1.94 bits per heavy atom. The van der Waals surface area contributed by atoms with Crippen LogP contribution in [-0.2, 0) is 9.44 Å². The summed E-state index contributed by atoms with van der Waals surface area (Å²) in [6.07, 6.45) is 0. The molecule has 0 saturated heterocycles. The summed E-state index contributed by atoms with van der Waals surface area (Å²) in [5, 5.41) is 13.0. The normalized spacial score (nSPS) is 12.9. The van der Waals surface area contributed by atoms with Crippen molar-refractivity contribution in [1.82, 2.24) is 0 Å². The van der Waals surface area contributed by atoms with Crippen LogP contribution in [0.25, 0.3) is 10.8 Å². The Morgan fingerprint density at radius 2 is 1.39 bits per heavy atom. The van der Waals surface area contributed by atoms with Gasteiger partial charge in [-0.15, -0.1) is 0 Å². The van der Waals surface area contributed by atoms with Gasteiger partial charge in [-0.05, 0) is 11.5 Å². The molecule has 0 aliphatic heterocycles. The number of fused-ring (bicyclic) bond motifs is 1. The minimum Gasteiger partial charge on any atom is -0.289 e. The molecule has 2 rings (SSSR count). The highest BCUT2D eigenvalue weighted by Crippen LogP contribution is 2.55. The molecule has 0 atom stereocenters. The second-order valence-corrected chi connectivity index (χ2v) is 7.34. The molecule has 18 heavy (non-hydrogen) atoms. The van der Waals surface area contributed by atoms with Gasteiger partial charge in [0, 0.05) is 10.9 Å². The maximum Gasteiger partial charge on any atom is 0.227 e. The number of halogens is 5. The van der Waals surface area contributed by atoms with E-state index in [-0.39, 0.29) is 11.3 Å². The summed E-state index contributed by atoms with van der Waals surface area (Å²) in [5.74, 6) is -0.219. The third kappa shape index (κ3) is 2.35. The van der Waals surface area contributed by atoms with Crippen molar-refractivity contribution in [2.75, 3.05) is 0 Å². The van der Waals surface area contributed by atoms with Crippen LogP contribution in [0.1, 0.15) is 5.56 Å². The van der Waals surface area contributed by atoms with Crippen LogP contribution < -0.4 is 0 Å². The molecule has 1 radical (unpaired) electrons. The van der Waals surface area contributed by atoms with Crippen LogP contribution in [-0.4, -0.2) is 3.79 Å². The largest absolute Gasteiger partial charge is 0.289 e. The molecule has 95 valence electrons. The van der Waals surface area contributed by atoms with Gasteiger partial charge in [0.25, 0.3) is 0 Å². The lowest BCUT2D eigenvalue weighted by Crippen LogP contribution is -2.28. The number of alkyl halides is 5. The zero-order chi connectivity index (χ0) is 13.6. The van der Waals surface area contributed by atoms with Gasteiger partial charge in [0.1, 0.15) is 0 Å². The van der Waals surface area contributed by atoms with E-state index < -0.39 is 8.13 Å². The fourth-order valence-electron chi connectivity index (χ4n) is 1.72. The Hall–Kier alpha value is -0.0500. The predicted octanol–water partition coefficient (Wildman–Crippen LogP) is 5.98. The van der Waals surface area contributed by atoms with Gasteiger partial charge in [-0.25, -0.2) is 0 Å². The minimum absolute atomic E-state index is 0.219. The van der Waals surface area contributed by atoms with Gasteiger partial charge >= 0.3 is 0 Å². The highest BCUT2D eigenvalue weighted by molar-refractivity contribution is 6.75. The van der Waals surface area contributed by atoms with Crippen molar-refractivity contribution in [3.63, 3.8) is 0 Å². The van der Waals surface area contributed by atoms with E-state index in [4.69, 9.17) is 58.0 Å². The van der Waals surface area contributed by atoms with Crippen LogP contribution in [0.2, 0.25) is 0 Å². The topological polar surface area (TPSA) is 19.9 Å². The quantitative estimate of drug-likeness (QED) is 0.567. The molecule has 2 aromatic rings. The van der Waals surface area contributed by atoms with Crippen molar-refractivity contribution < 1.29 is 5.11 Å². The van der Waals surface area contributed by atoms with Crippen LogP contribution in [0.4, 0.5) is 0 Å². The molecule has 0 aromatic heterocycles. The van der Waals surface area contributed by atoms with Crippen molar-refractivity contribution in [3.05, 3.63) is 42.0 Å². The average molecular weight is 343 g/mol. The molecule has 0 heterocycles. The number of hydrogen-bond donors (Lipinski definition) is 0. The van der Waals surface area contributed by atoms with E-state index in [0.29, 0.717) is 10.8 Å². The van der Waals surface area contributed by atoms with E-state index in [9.17, 15) is 5.11 Å². The lowest BCUT2D eigenvalue weighted by atomic mass is 10.0. The first-order valence-corrected chi connectivity index (χ1v) is 6.78. The molecule has 6 heteroatoms. The summed E-state index contributed by atoms with van der Waals surface area (Å²) in [5.41, 5.74) is 0.286. The highest BCUT2D eigenvalue weighted by atomic mass is 35.6. The van der Waals surface area contributed by atoms with Crippen molar-refractivity contribution in [3.8, 4) is 5.75 Å². The Balaban J connectivity index is 2.80. The molecule has 0 amide bonds. The smallest absolute Gasteiger partial charge is 0.227 e. The summed E-state index contributed by atoms with van der Waals surface area (Å²) in [6, 6.07) is 9.87. The Labute approximate surface area is 129 Å². The highest BCUT2D eigenvalue weighted by Gasteiger charge is 2.48. The van der Waals surface area contributed by atoms with Gasteiger partial charge in [0.05, 0.1) is 0 Å². The molecule has 2 aromatic carbocycles. The molecule has 0 spiro atoms. The van der Waals surface area contributed by atoms with Crippen molar-refractivity contribution >= 4 is 68.8 Å². The first-order valence-electron chi connectivity index (χ1n) is 4.89. The zero-order valence-corrected chi connectivity index (χ0v) is 12.5. The van der Waals surface area contributed by atoms with Crippen LogP contribution >= 0.6 is 58.0 Å². The summed E-state index contributed by atoms with van der Waals surface area (Å²) >= 11 is 29.6. The third-order valence-corrected chi connectivity index (χ3v) is 4.97. The van der Waals surface area contributed by atoms with Crippen LogP contribution in [0.3, 0.4) is 0 Å². The minimum atomic E-state index is -1.95. The van der Waals surface area contributed by atoms with Gasteiger partial charge in [-0.1, -0.05) is 88.3 Å². The molecular weight excluding hydrogens is 337 g/mol. The van der Waals surface area contributed by atoms with Crippen molar-refractivity contribution in [2.24, 2.45) is 0 Å². The number of hydrogen-bond acceptors (Lipinski definition) is 0. The molecule has 0 unspecified atom stereocenters. The molecule has 0 aliphatic rings. The second-order valence-electron chi connectivity index (χ2n) is 3.73. The van der Waals surface area contributed by atoms with E-state index >= 15 is 0 Å². The van der Waals surface area contributed by atoms with Crippen molar-refractivity contribution in [2.45, 2.75) is 8.13 Å². The molecule has 1 nitrogen and oxygen atoms in total. The fourth-order valence-corrected chi connectivity index (χ4v) is 2.34. The standard InChI is InChI=1S/C12H6Cl5O/c13-11(14,12(15,16)17)8-5-1-3-7-4-2-6-9(18)10(7)8/h1-6H. The maximum absolute atomic E-state index is 11.9. The third-order valence-electron chi connectivity index (χ3n) is 2.56. The van der Waals surface area contributed by atoms with E-state index in [0.717, 1.165) is 0 Å². The van der Waals surface area contributed by atoms with E-state index in [1.54, 1.807) is 30.3 Å². The second kappa shape index (κ2) is 4.81. The lowest BCUT2D eigenvalue weighted by molar-refractivity contribution is 0.360. The Bertz CT molecular complexity index is 583. The van der Waals surface area contributed by atoms with Gasteiger partial charge in [-0.2, -0.15) is 0 Å². The van der Waals surface area contributed by atoms with Gasteiger partial charge < -0.3 is 0 Å². The molecule has 0 aliphatic carbocycles. The van der Waals surface area contributed by atoms with Crippen LogP contribution in [0.15, 0.2) is 36.4 Å². The van der Waals surface area contributed by atoms with Gasteiger partial charge in [0.15, 0.2) is 10.1 Å². The summed E-state index contributed by atoms with van der Waals surface area (Å²) in [6.45, 7) is 0. The van der Waals surface area contributed by atoms with E-state index in [2.05, 4.69) is 0 Å². The first kappa shape index (κ1) is 14.4. The fraction of sp³-hybridized carbons (Fsp3) is 0.167. The summed E-state index contributed by atoms with van der Waals surface area (Å²) in [4.78, 5) is 0.